The molecule has 25 heavy (non-hydrogen) atoms. The van der Waals surface area contributed by atoms with Crippen LogP contribution in [0.1, 0.15) is 5.69 Å². The number of ether oxygens (including phenoxy) is 1. The summed E-state index contributed by atoms with van der Waals surface area (Å²) in [6.07, 6.45) is 0. The molecule has 136 valence electrons. The Labute approximate surface area is 161 Å². The average Bonchev–Trinajstić information content (AvgIpc) is 2.52. The second-order valence-electron chi connectivity index (χ2n) is 4.53. The molecule has 1 aromatic carbocycles. The van der Waals surface area contributed by atoms with E-state index in [0.717, 1.165) is 0 Å². The first kappa shape index (κ1) is 20.1. The molecule has 0 saturated heterocycles. The molecule has 0 bridgehead atoms. The quantitative estimate of drug-likeness (QED) is 0.611. The third-order valence-corrected chi connectivity index (χ3v) is 5.78. The third kappa shape index (κ3) is 4.70. The van der Waals surface area contributed by atoms with Crippen LogP contribution >= 0.6 is 39.1 Å². The summed E-state index contributed by atoms with van der Waals surface area (Å²) in [6.45, 7) is -0.579. The predicted molar refractivity (Wildman–Crippen MR) is 95.0 cm³/mol. The van der Waals surface area contributed by atoms with Crippen LogP contribution in [0.3, 0.4) is 0 Å². The van der Waals surface area contributed by atoms with E-state index in [1.807, 2.05) is 0 Å². The molecule has 1 aromatic heterocycles. The van der Waals surface area contributed by atoms with Gasteiger partial charge in [-0.15, -0.1) is 0 Å². The zero-order valence-electron chi connectivity index (χ0n) is 12.4. The number of benzene rings is 1. The Morgan fingerprint density at radius 2 is 2.00 bits per heavy atom. The van der Waals surface area contributed by atoms with Gasteiger partial charge in [0.2, 0.25) is 5.82 Å². The maximum absolute atomic E-state index is 12.5. The van der Waals surface area contributed by atoms with E-state index in [1.54, 1.807) is 0 Å². The van der Waals surface area contributed by atoms with Gasteiger partial charge in [0.1, 0.15) is 21.7 Å². The number of anilines is 1. The molecule has 0 aliphatic carbocycles. The van der Waals surface area contributed by atoms with E-state index < -0.39 is 21.8 Å². The zero-order chi connectivity index (χ0) is 18.8. The molecule has 13 heteroatoms. The van der Waals surface area contributed by atoms with Crippen molar-refractivity contribution in [3.05, 3.63) is 49.0 Å². The first-order chi connectivity index (χ1) is 11.7. The lowest BCUT2D eigenvalue weighted by molar-refractivity contribution is -0.808. The summed E-state index contributed by atoms with van der Waals surface area (Å²) in [6, 6.07) is 4.09. The lowest BCUT2D eigenvalue weighted by Crippen LogP contribution is -3.00. The van der Waals surface area contributed by atoms with Crippen LogP contribution in [0, 0.1) is 10.4 Å². The molecule has 0 amide bonds. The first-order valence-corrected chi connectivity index (χ1v) is 9.46. The van der Waals surface area contributed by atoms with E-state index >= 15 is 0 Å². The first-order valence-electron chi connectivity index (χ1n) is 6.42. The number of methoxy groups -OCH3 is 1. The minimum atomic E-state index is -4.18. The van der Waals surface area contributed by atoms with Crippen LogP contribution < -0.4 is 14.7 Å². The maximum Gasteiger partial charge on any atom is 0.264 e. The largest absolute Gasteiger partial charge is 0.633 e. The SMILES string of the molecule is COc1nc(Br)c(C[NH+]([O-])[O-])nc1NS(=O)(=O)c1cccc(Cl)c1Cl. The number of nitrogens with zero attached hydrogens (tertiary/aromatic N) is 2. The fourth-order valence-electron chi connectivity index (χ4n) is 1.77. The number of quaternary nitrogens is 1. The Bertz CT molecular complexity index is 897. The standard InChI is InChI=1S/C12H10BrCl2N4O5S/c1-24-12-11(16-7(5-19(20)21)10(13)17-12)18-25(22,23)8-4-2-3-6(14)9(8)15/h2-4,19H,5H2,1H3,(H,16,18)/q-1. The number of nitrogens with one attached hydrogen (secondary N) is 2. The van der Waals surface area contributed by atoms with E-state index in [9.17, 15) is 18.8 Å². The highest BCUT2D eigenvalue weighted by Gasteiger charge is 2.24. The molecular formula is C12H10BrCl2N4O5S-. The molecule has 0 saturated carbocycles. The van der Waals surface area contributed by atoms with E-state index in [0.29, 0.717) is 0 Å². The highest BCUT2D eigenvalue weighted by molar-refractivity contribution is 9.10. The Kier molecular flexibility index (Phi) is 6.43. The van der Waals surface area contributed by atoms with Crippen molar-refractivity contribution in [2.75, 3.05) is 11.8 Å². The minimum absolute atomic E-state index is 0.0457. The molecular weight excluding hydrogens is 463 g/mol. The van der Waals surface area contributed by atoms with Gasteiger partial charge in [-0.1, -0.05) is 29.3 Å². The van der Waals surface area contributed by atoms with Gasteiger partial charge in [0, 0.05) is 0 Å². The van der Waals surface area contributed by atoms with Gasteiger partial charge in [-0.05, 0) is 28.1 Å². The second kappa shape index (κ2) is 7.99. The molecule has 2 aromatic rings. The van der Waals surface area contributed by atoms with Crippen molar-refractivity contribution in [3.8, 4) is 5.88 Å². The molecule has 0 aliphatic heterocycles. The lowest BCUT2D eigenvalue weighted by atomic mass is 10.4. The normalized spacial score (nSPS) is 11.6. The van der Waals surface area contributed by atoms with E-state index in [4.69, 9.17) is 27.9 Å². The monoisotopic (exact) mass is 471 g/mol. The second-order valence-corrected chi connectivity index (χ2v) is 7.71. The Morgan fingerprint density at radius 3 is 2.60 bits per heavy atom. The zero-order valence-corrected chi connectivity index (χ0v) is 16.3. The van der Waals surface area contributed by atoms with E-state index in [2.05, 4.69) is 30.6 Å². The number of halogens is 3. The van der Waals surface area contributed by atoms with Crippen molar-refractivity contribution in [1.29, 1.82) is 0 Å². The van der Waals surface area contributed by atoms with Crippen LogP contribution in [0.15, 0.2) is 27.7 Å². The maximum atomic E-state index is 12.5. The van der Waals surface area contributed by atoms with Crippen LogP contribution in [-0.2, 0) is 16.6 Å². The molecule has 9 nitrogen and oxygen atoms in total. The van der Waals surface area contributed by atoms with Gasteiger partial charge in [0.25, 0.3) is 15.9 Å². The van der Waals surface area contributed by atoms with Crippen LogP contribution in [0.2, 0.25) is 10.0 Å². The van der Waals surface area contributed by atoms with Crippen molar-refractivity contribution < 1.29 is 18.4 Å². The van der Waals surface area contributed by atoms with Crippen molar-refractivity contribution in [1.82, 2.24) is 9.97 Å². The number of rotatable bonds is 6. The van der Waals surface area contributed by atoms with Crippen molar-refractivity contribution in [2.24, 2.45) is 0 Å². The summed E-state index contributed by atoms with van der Waals surface area (Å²) in [5, 5.41) is 20.0. The summed E-state index contributed by atoms with van der Waals surface area (Å²) in [4.78, 5) is 7.56. The Balaban J connectivity index is 2.49. The highest BCUT2D eigenvalue weighted by atomic mass is 79.9. The fraction of sp³-hybridized carbons (Fsp3) is 0.167. The molecule has 1 heterocycles. The third-order valence-electron chi connectivity index (χ3n) is 2.83. The van der Waals surface area contributed by atoms with Gasteiger partial charge in [-0.3, -0.25) is 4.72 Å². The molecule has 0 atom stereocenters. The van der Waals surface area contributed by atoms with Gasteiger partial charge in [0.05, 0.1) is 17.2 Å². The van der Waals surface area contributed by atoms with Crippen LogP contribution in [0.4, 0.5) is 5.82 Å². The number of hydroxylamine groups is 2. The fourth-order valence-corrected chi connectivity index (χ4v) is 3.92. The number of hydrogen-bond acceptors (Lipinski definition) is 7. The summed E-state index contributed by atoms with van der Waals surface area (Å²) in [5.41, 5.74) is -0.0457. The van der Waals surface area contributed by atoms with Gasteiger partial charge in [-0.2, -0.15) is 0 Å². The predicted octanol–water partition coefficient (Wildman–Crippen LogP) is 1.74. The summed E-state index contributed by atoms with van der Waals surface area (Å²) in [7, 11) is -2.94. The molecule has 0 spiro atoms. The van der Waals surface area contributed by atoms with Gasteiger partial charge < -0.3 is 20.4 Å². The number of sulfonamides is 1. The smallest absolute Gasteiger partial charge is 0.264 e. The van der Waals surface area contributed by atoms with Crippen molar-refractivity contribution in [3.63, 3.8) is 0 Å². The minimum Gasteiger partial charge on any atom is -0.633 e. The van der Waals surface area contributed by atoms with Crippen molar-refractivity contribution in [2.45, 2.75) is 11.4 Å². The number of hydrogen-bond donors (Lipinski definition) is 2. The topological polar surface area (TPSA) is 132 Å². The van der Waals surface area contributed by atoms with Crippen molar-refractivity contribution >= 4 is 55.0 Å². The molecule has 0 unspecified atom stereocenters. The molecule has 0 fully saturated rings. The van der Waals surface area contributed by atoms with E-state index in [-0.39, 0.29) is 36.9 Å². The van der Waals surface area contributed by atoms with Crippen LogP contribution in [0.5, 0.6) is 5.88 Å². The van der Waals surface area contributed by atoms with Crippen LogP contribution in [0.25, 0.3) is 0 Å². The van der Waals surface area contributed by atoms with Gasteiger partial charge in [0.15, 0.2) is 0 Å². The van der Waals surface area contributed by atoms with E-state index in [1.165, 1.54) is 25.3 Å². The Hall–Kier alpha value is -1.21. The van der Waals surface area contributed by atoms with Gasteiger partial charge in [-0.25, -0.2) is 18.4 Å². The molecule has 2 rings (SSSR count). The Morgan fingerprint density at radius 1 is 1.32 bits per heavy atom. The summed E-state index contributed by atoms with van der Waals surface area (Å²) >= 11 is 14.8. The number of aromatic nitrogens is 2. The summed E-state index contributed by atoms with van der Waals surface area (Å²) in [5.74, 6) is -0.478. The average molecular weight is 473 g/mol. The summed E-state index contributed by atoms with van der Waals surface area (Å²) < 4.78 is 32.3. The lowest BCUT2D eigenvalue weighted by Gasteiger charge is -2.25. The van der Waals surface area contributed by atoms with Crippen LogP contribution in [-0.4, -0.2) is 25.5 Å². The molecule has 0 radical (unpaired) electrons. The molecule has 2 N–H and O–H groups in total. The van der Waals surface area contributed by atoms with Gasteiger partial charge >= 0.3 is 0 Å². The highest BCUT2D eigenvalue weighted by Crippen LogP contribution is 2.32. The molecule has 0 aliphatic rings.